The third kappa shape index (κ3) is 3.88. The molecule has 0 spiro atoms. The second-order valence-electron chi connectivity index (χ2n) is 3.95. The first-order valence-corrected chi connectivity index (χ1v) is 7.35. The van der Waals surface area contributed by atoms with Crippen molar-refractivity contribution < 1.29 is 8.42 Å². The highest BCUT2D eigenvalue weighted by Crippen LogP contribution is 2.31. The topological polar surface area (TPSA) is 72.2 Å². The van der Waals surface area contributed by atoms with Crippen molar-refractivity contribution in [3.8, 4) is 0 Å². The molecule has 0 saturated heterocycles. The van der Waals surface area contributed by atoms with Gasteiger partial charge < -0.3 is 5.73 Å². The number of rotatable bonds is 4. The molecule has 1 aromatic rings. The van der Waals surface area contributed by atoms with Crippen LogP contribution < -0.4 is 10.5 Å². The van der Waals surface area contributed by atoms with Crippen molar-refractivity contribution in [2.75, 3.05) is 12.3 Å². The summed E-state index contributed by atoms with van der Waals surface area (Å²) in [5.74, 6) is 0. The highest BCUT2D eigenvalue weighted by atomic mass is 35.5. The van der Waals surface area contributed by atoms with Crippen LogP contribution in [0.25, 0.3) is 0 Å². The van der Waals surface area contributed by atoms with Gasteiger partial charge in [-0.05, 0) is 26.0 Å². The maximum Gasteiger partial charge on any atom is 0.243 e. The van der Waals surface area contributed by atoms with E-state index in [1.54, 1.807) is 6.08 Å². The largest absolute Gasteiger partial charge is 0.399 e. The van der Waals surface area contributed by atoms with E-state index in [-0.39, 0.29) is 21.5 Å². The predicted molar refractivity (Wildman–Crippen MR) is 75.5 cm³/mol. The van der Waals surface area contributed by atoms with Crippen molar-refractivity contribution in [2.45, 2.75) is 18.7 Å². The number of halogens is 2. The molecule has 0 saturated carbocycles. The summed E-state index contributed by atoms with van der Waals surface area (Å²) in [6.07, 6.45) is 1.75. The zero-order valence-electron chi connectivity index (χ0n) is 10.00. The maximum absolute atomic E-state index is 12.0. The third-order valence-electron chi connectivity index (χ3n) is 2.07. The lowest BCUT2D eigenvalue weighted by Crippen LogP contribution is -2.24. The van der Waals surface area contributed by atoms with E-state index in [4.69, 9.17) is 28.9 Å². The van der Waals surface area contributed by atoms with E-state index >= 15 is 0 Å². The Morgan fingerprint density at radius 2 is 1.83 bits per heavy atom. The van der Waals surface area contributed by atoms with E-state index < -0.39 is 10.0 Å². The number of nitrogens with one attached hydrogen (secondary N) is 1. The lowest BCUT2D eigenvalue weighted by atomic mass is 10.3. The van der Waals surface area contributed by atoms with Crippen LogP contribution in [0.1, 0.15) is 13.8 Å². The monoisotopic (exact) mass is 308 g/mol. The Kier molecular flexibility index (Phi) is 5.04. The zero-order chi connectivity index (χ0) is 13.9. The number of hydrogen-bond acceptors (Lipinski definition) is 3. The second kappa shape index (κ2) is 5.93. The number of nitrogen functional groups attached to an aromatic ring is 1. The van der Waals surface area contributed by atoms with Gasteiger partial charge in [0, 0.05) is 12.2 Å². The fourth-order valence-electron chi connectivity index (χ4n) is 1.26. The van der Waals surface area contributed by atoms with E-state index in [1.807, 2.05) is 13.8 Å². The van der Waals surface area contributed by atoms with Gasteiger partial charge in [0.2, 0.25) is 10.0 Å². The Morgan fingerprint density at radius 1 is 1.33 bits per heavy atom. The lowest BCUT2D eigenvalue weighted by Gasteiger charge is -2.09. The molecule has 0 heterocycles. The second-order valence-corrected chi connectivity index (χ2v) is 6.47. The SMILES string of the molecule is CC(C)=CCNS(=O)(=O)c1c(Cl)cc(N)cc1Cl. The van der Waals surface area contributed by atoms with E-state index in [1.165, 1.54) is 12.1 Å². The molecule has 0 atom stereocenters. The molecule has 0 aliphatic rings. The summed E-state index contributed by atoms with van der Waals surface area (Å²) in [5, 5.41) is 0.00870. The Bertz CT molecular complexity index is 556. The van der Waals surface area contributed by atoms with E-state index in [9.17, 15) is 8.42 Å². The summed E-state index contributed by atoms with van der Waals surface area (Å²) in [6.45, 7) is 3.93. The molecular weight excluding hydrogens is 295 g/mol. The molecule has 7 heteroatoms. The van der Waals surface area contributed by atoms with Crippen molar-refractivity contribution in [3.05, 3.63) is 33.8 Å². The maximum atomic E-state index is 12.0. The highest BCUT2D eigenvalue weighted by Gasteiger charge is 2.21. The number of sulfonamides is 1. The van der Waals surface area contributed by atoms with E-state index in [0.29, 0.717) is 5.69 Å². The molecule has 0 radical (unpaired) electrons. The van der Waals surface area contributed by atoms with Crippen molar-refractivity contribution in [1.29, 1.82) is 0 Å². The van der Waals surface area contributed by atoms with Crippen LogP contribution in [0.3, 0.4) is 0 Å². The average molecular weight is 309 g/mol. The molecule has 4 nitrogen and oxygen atoms in total. The minimum absolute atomic E-state index is 0.00435. The van der Waals surface area contributed by atoms with Gasteiger partial charge in [0.25, 0.3) is 0 Å². The van der Waals surface area contributed by atoms with Gasteiger partial charge >= 0.3 is 0 Å². The fourth-order valence-corrected chi connectivity index (χ4v) is 3.46. The molecule has 100 valence electrons. The molecule has 0 fully saturated rings. The quantitative estimate of drug-likeness (QED) is 0.663. The van der Waals surface area contributed by atoms with Gasteiger partial charge in [0.1, 0.15) is 4.90 Å². The van der Waals surface area contributed by atoms with Gasteiger partial charge in [-0.15, -0.1) is 0 Å². The number of anilines is 1. The first-order chi connectivity index (χ1) is 8.24. The molecular formula is C11H14Cl2N2O2S. The van der Waals surface area contributed by atoms with Crippen LogP contribution in [-0.2, 0) is 10.0 Å². The molecule has 0 bridgehead atoms. The molecule has 0 aromatic heterocycles. The van der Waals surface area contributed by atoms with Crippen molar-refractivity contribution in [2.24, 2.45) is 0 Å². The van der Waals surface area contributed by atoms with Crippen LogP contribution >= 0.6 is 23.2 Å². The Labute approximate surface area is 117 Å². The average Bonchev–Trinajstić information content (AvgIpc) is 2.13. The van der Waals surface area contributed by atoms with Gasteiger partial charge in [-0.25, -0.2) is 13.1 Å². The fraction of sp³-hybridized carbons (Fsp3) is 0.273. The minimum atomic E-state index is -3.75. The lowest BCUT2D eigenvalue weighted by molar-refractivity contribution is 0.585. The smallest absolute Gasteiger partial charge is 0.243 e. The van der Waals surface area contributed by atoms with Crippen LogP contribution in [0.15, 0.2) is 28.7 Å². The number of benzene rings is 1. The van der Waals surface area contributed by atoms with Gasteiger partial charge in [0.15, 0.2) is 0 Å². The zero-order valence-corrected chi connectivity index (χ0v) is 12.3. The molecule has 3 N–H and O–H groups in total. The van der Waals surface area contributed by atoms with Crippen LogP contribution in [0, 0.1) is 0 Å². The molecule has 1 rings (SSSR count). The molecule has 0 amide bonds. The Hall–Kier alpha value is -0.750. The summed E-state index contributed by atoms with van der Waals surface area (Å²) < 4.78 is 26.4. The summed E-state index contributed by atoms with van der Waals surface area (Å²) in [7, 11) is -3.75. The van der Waals surface area contributed by atoms with Gasteiger partial charge in [-0.3, -0.25) is 0 Å². The first kappa shape index (κ1) is 15.3. The normalized spacial score (nSPS) is 11.3. The summed E-state index contributed by atoms with van der Waals surface area (Å²) in [4.78, 5) is -0.151. The van der Waals surface area contributed by atoms with Gasteiger partial charge in [-0.2, -0.15) is 0 Å². The van der Waals surface area contributed by atoms with Crippen LogP contribution in [0.2, 0.25) is 10.0 Å². The standard InChI is InChI=1S/C11H14Cl2N2O2S/c1-7(2)3-4-15-18(16,17)11-9(12)5-8(14)6-10(11)13/h3,5-6,15H,4,14H2,1-2H3. The molecule has 0 unspecified atom stereocenters. The van der Waals surface area contributed by atoms with E-state index in [0.717, 1.165) is 5.57 Å². The van der Waals surface area contributed by atoms with Crippen LogP contribution in [0.4, 0.5) is 5.69 Å². The van der Waals surface area contributed by atoms with Crippen LogP contribution in [-0.4, -0.2) is 15.0 Å². The molecule has 1 aromatic carbocycles. The number of hydrogen-bond donors (Lipinski definition) is 2. The number of nitrogens with two attached hydrogens (primary N) is 1. The summed E-state index contributed by atoms with van der Waals surface area (Å²) in [6, 6.07) is 2.70. The summed E-state index contributed by atoms with van der Waals surface area (Å²) >= 11 is 11.7. The van der Waals surface area contributed by atoms with Gasteiger partial charge in [-0.1, -0.05) is 34.9 Å². The Balaban J connectivity index is 3.10. The van der Waals surface area contributed by atoms with Crippen LogP contribution in [0.5, 0.6) is 0 Å². The predicted octanol–water partition coefficient (Wildman–Crippen LogP) is 2.82. The molecule has 18 heavy (non-hydrogen) atoms. The van der Waals surface area contributed by atoms with Crippen molar-refractivity contribution in [3.63, 3.8) is 0 Å². The molecule has 0 aliphatic carbocycles. The highest BCUT2D eigenvalue weighted by molar-refractivity contribution is 7.89. The first-order valence-electron chi connectivity index (χ1n) is 5.11. The summed E-state index contributed by atoms with van der Waals surface area (Å²) in [5.41, 5.74) is 6.84. The number of allylic oxidation sites excluding steroid dienone is 1. The van der Waals surface area contributed by atoms with E-state index in [2.05, 4.69) is 4.72 Å². The van der Waals surface area contributed by atoms with Crippen molar-refractivity contribution in [1.82, 2.24) is 4.72 Å². The van der Waals surface area contributed by atoms with Crippen molar-refractivity contribution >= 4 is 38.9 Å². The third-order valence-corrected chi connectivity index (χ3v) is 4.42. The minimum Gasteiger partial charge on any atom is -0.399 e. The van der Waals surface area contributed by atoms with Gasteiger partial charge in [0.05, 0.1) is 10.0 Å². The molecule has 0 aliphatic heterocycles. The Morgan fingerprint density at radius 3 is 2.28 bits per heavy atom.